The summed E-state index contributed by atoms with van der Waals surface area (Å²) in [6, 6.07) is 0. The molecule has 64 valence electrons. The molecular weight excluding hydrogens is 144 g/mol. The molecule has 0 aromatic carbocycles. The fourth-order valence-corrected chi connectivity index (χ4v) is 1.13. The normalized spacial score (nSPS) is 20.8. The highest BCUT2D eigenvalue weighted by Crippen LogP contribution is 2.23. The standard InChI is InChI=1S/C8H14O3/c1-6(5-8(9)10)11-7-3-2-4-7/h6-7H,2-5H2,1H3,(H,9,10)/t6-/m0/s1. The summed E-state index contributed by atoms with van der Waals surface area (Å²) in [5, 5.41) is 8.41. The largest absolute Gasteiger partial charge is 0.481 e. The topological polar surface area (TPSA) is 46.5 Å². The summed E-state index contributed by atoms with van der Waals surface area (Å²) in [6.07, 6.45) is 3.76. The van der Waals surface area contributed by atoms with Crippen molar-refractivity contribution in [2.24, 2.45) is 0 Å². The second kappa shape index (κ2) is 3.72. The molecule has 0 saturated heterocycles. The van der Waals surface area contributed by atoms with Crippen molar-refractivity contribution in [3.05, 3.63) is 0 Å². The predicted molar refractivity (Wildman–Crippen MR) is 40.4 cm³/mol. The van der Waals surface area contributed by atoms with Gasteiger partial charge < -0.3 is 9.84 Å². The van der Waals surface area contributed by atoms with Gasteiger partial charge in [0.2, 0.25) is 0 Å². The lowest BCUT2D eigenvalue weighted by molar-refractivity contribution is -0.142. The van der Waals surface area contributed by atoms with E-state index in [1.807, 2.05) is 6.92 Å². The Morgan fingerprint density at radius 2 is 2.36 bits per heavy atom. The first-order chi connectivity index (χ1) is 5.18. The van der Waals surface area contributed by atoms with E-state index >= 15 is 0 Å². The van der Waals surface area contributed by atoms with Gasteiger partial charge in [-0.15, -0.1) is 0 Å². The van der Waals surface area contributed by atoms with Crippen LogP contribution in [0.4, 0.5) is 0 Å². The molecule has 1 aliphatic rings. The van der Waals surface area contributed by atoms with Crippen LogP contribution >= 0.6 is 0 Å². The van der Waals surface area contributed by atoms with Crippen LogP contribution in [0, 0.1) is 0 Å². The Balaban J connectivity index is 2.09. The number of aliphatic carboxylic acids is 1. The van der Waals surface area contributed by atoms with Crippen LogP contribution in [0.5, 0.6) is 0 Å². The summed E-state index contributed by atoms with van der Waals surface area (Å²) in [7, 11) is 0. The molecule has 0 radical (unpaired) electrons. The van der Waals surface area contributed by atoms with Crippen LogP contribution in [0.15, 0.2) is 0 Å². The van der Waals surface area contributed by atoms with E-state index < -0.39 is 5.97 Å². The molecule has 1 aliphatic carbocycles. The third-order valence-electron chi connectivity index (χ3n) is 1.94. The summed E-state index contributed by atoms with van der Waals surface area (Å²) in [6.45, 7) is 1.81. The zero-order valence-electron chi connectivity index (χ0n) is 6.75. The molecule has 0 bridgehead atoms. The van der Waals surface area contributed by atoms with E-state index in [4.69, 9.17) is 9.84 Å². The summed E-state index contributed by atoms with van der Waals surface area (Å²) in [4.78, 5) is 10.2. The number of hydrogen-bond acceptors (Lipinski definition) is 2. The predicted octanol–water partition coefficient (Wildman–Crippen LogP) is 1.42. The van der Waals surface area contributed by atoms with Gasteiger partial charge in [-0.05, 0) is 26.2 Å². The van der Waals surface area contributed by atoms with Gasteiger partial charge in [0.25, 0.3) is 0 Å². The molecule has 0 amide bonds. The molecule has 1 saturated carbocycles. The Labute approximate surface area is 66.4 Å². The maximum absolute atomic E-state index is 10.2. The van der Waals surface area contributed by atoms with Crippen molar-refractivity contribution in [3.8, 4) is 0 Å². The van der Waals surface area contributed by atoms with Crippen LogP contribution in [0.3, 0.4) is 0 Å². The van der Waals surface area contributed by atoms with Crippen molar-refractivity contribution in [2.45, 2.75) is 44.8 Å². The fraction of sp³-hybridized carbons (Fsp3) is 0.875. The van der Waals surface area contributed by atoms with E-state index in [1.165, 1.54) is 6.42 Å². The van der Waals surface area contributed by atoms with Crippen LogP contribution < -0.4 is 0 Å². The molecule has 1 fully saturated rings. The van der Waals surface area contributed by atoms with E-state index in [2.05, 4.69) is 0 Å². The average molecular weight is 158 g/mol. The van der Waals surface area contributed by atoms with Crippen LogP contribution in [-0.4, -0.2) is 23.3 Å². The summed E-state index contributed by atoms with van der Waals surface area (Å²) in [5.41, 5.74) is 0. The Morgan fingerprint density at radius 3 is 2.73 bits per heavy atom. The van der Waals surface area contributed by atoms with Gasteiger partial charge in [-0.2, -0.15) is 0 Å². The maximum atomic E-state index is 10.2. The molecule has 0 heterocycles. The Bertz CT molecular complexity index is 140. The third kappa shape index (κ3) is 2.89. The molecule has 0 unspecified atom stereocenters. The number of carboxylic acid groups (broad SMARTS) is 1. The van der Waals surface area contributed by atoms with Crippen molar-refractivity contribution >= 4 is 5.97 Å². The van der Waals surface area contributed by atoms with Crippen molar-refractivity contribution in [3.63, 3.8) is 0 Å². The number of ether oxygens (including phenoxy) is 1. The van der Waals surface area contributed by atoms with E-state index in [9.17, 15) is 4.79 Å². The summed E-state index contributed by atoms with van der Waals surface area (Å²) >= 11 is 0. The van der Waals surface area contributed by atoms with Crippen LogP contribution in [0.2, 0.25) is 0 Å². The molecule has 3 nitrogen and oxygen atoms in total. The lowest BCUT2D eigenvalue weighted by Crippen LogP contribution is -2.27. The van der Waals surface area contributed by atoms with Crippen molar-refractivity contribution in [2.75, 3.05) is 0 Å². The van der Waals surface area contributed by atoms with Gasteiger partial charge in [-0.3, -0.25) is 4.79 Å². The minimum absolute atomic E-state index is 0.122. The molecule has 1 N–H and O–H groups in total. The second-order valence-electron chi connectivity index (χ2n) is 3.10. The Morgan fingerprint density at radius 1 is 1.73 bits per heavy atom. The van der Waals surface area contributed by atoms with Crippen LogP contribution in [-0.2, 0) is 9.53 Å². The number of carboxylic acids is 1. The van der Waals surface area contributed by atoms with Crippen molar-refractivity contribution in [1.29, 1.82) is 0 Å². The number of carbonyl (C=O) groups is 1. The Kier molecular flexibility index (Phi) is 2.88. The average Bonchev–Trinajstić information content (AvgIpc) is 1.77. The van der Waals surface area contributed by atoms with Crippen molar-refractivity contribution < 1.29 is 14.6 Å². The molecule has 0 aliphatic heterocycles. The van der Waals surface area contributed by atoms with E-state index in [0.29, 0.717) is 6.10 Å². The maximum Gasteiger partial charge on any atom is 0.305 e. The van der Waals surface area contributed by atoms with Gasteiger partial charge in [-0.1, -0.05) is 0 Å². The minimum Gasteiger partial charge on any atom is -0.481 e. The van der Waals surface area contributed by atoms with Crippen molar-refractivity contribution in [1.82, 2.24) is 0 Å². The fourth-order valence-electron chi connectivity index (χ4n) is 1.13. The zero-order chi connectivity index (χ0) is 8.27. The molecule has 11 heavy (non-hydrogen) atoms. The van der Waals surface area contributed by atoms with Gasteiger partial charge in [-0.25, -0.2) is 0 Å². The lowest BCUT2D eigenvalue weighted by Gasteiger charge is -2.28. The van der Waals surface area contributed by atoms with Crippen LogP contribution in [0.1, 0.15) is 32.6 Å². The second-order valence-corrected chi connectivity index (χ2v) is 3.10. The highest BCUT2D eigenvalue weighted by Gasteiger charge is 2.21. The van der Waals surface area contributed by atoms with E-state index in [0.717, 1.165) is 12.8 Å². The molecule has 1 atom stereocenters. The number of rotatable bonds is 4. The van der Waals surface area contributed by atoms with Gasteiger partial charge in [0, 0.05) is 0 Å². The first-order valence-electron chi connectivity index (χ1n) is 4.05. The van der Waals surface area contributed by atoms with E-state index in [1.54, 1.807) is 0 Å². The smallest absolute Gasteiger partial charge is 0.305 e. The van der Waals surface area contributed by atoms with Crippen LogP contribution in [0.25, 0.3) is 0 Å². The molecule has 1 rings (SSSR count). The summed E-state index contributed by atoms with van der Waals surface area (Å²) in [5.74, 6) is -0.781. The quantitative estimate of drug-likeness (QED) is 0.673. The lowest BCUT2D eigenvalue weighted by atomic mass is 9.96. The minimum atomic E-state index is -0.781. The highest BCUT2D eigenvalue weighted by atomic mass is 16.5. The molecule has 0 aromatic rings. The zero-order valence-corrected chi connectivity index (χ0v) is 6.75. The molecule has 3 heteroatoms. The van der Waals surface area contributed by atoms with Gasteiger partial charge in [0.05, 0.1) is 18.6 Å². The molecular formula is C8H14O3. The Hall–Kier alpha value is -0.570. The van der Waals surface area contributed by atoms with Gasteiger partial charge in [0.15, 0.2) is 0 Å². The highest BCUT2D eigenvalue weighted by molar-refractivity contribution is 5.67. The molecule has 0 spiro atoms. The molecule has 0 aromatic heterocycles. The van der Waals surface area contributed by atoms with Gasteiger partial charge >= 0.3 is 5.97 Å². The van der Waals surface area contributed by atoms with E-state index in [-0.39, 0.29) is 12.5 Å². The third-order valence-corrected chi connectivity index (χ3v) is 1.94. The monoisotopic (exact) mass is 158 g/mol. The SMILES string of the molecule is C[C@@H](CC(=O)O)OC1CCC1. The van der Waals surface area contributed by atoms with Gasteiger partial charge in [0.1, 0.15) is 0 Å². The number of hydrogen-bond donors (Lipinski definition) is 1. The first-order valence-corrected chi connectivity index (χ1v) is 4.05. The first kappa shape index (κ1) is 8.53. The summed E-state index contributed by atoms with van der Waals surface area (Å²) < 4.78 is 5.42.